The van der Waals surface area contributed by atoms with Gasteiger partial charge in [0, 0.05) is 18.8 Å². The molecule has 0 spiro atoms. The lowest BCUT2D eigenvalue weighted by molar-refractivity contribution is -0.132. The van der Waals surface area contributed by atoms with E-state index in [2.05, 4.69) is 6.92 Å². The SMILES string of the molecule is CCCCN(C(=O)C(C)OCC1CCCCO1)c1ccccc1. The molecular formula is C19H29NO3. The van der Waals surface area contributed by atoms with Crippen molar-refractivity contribution in [1.82, 2.24) is 0 Å². The number of benzene rings is 1. The van der Waals surface area contributed by atoms with Gasteiger partial charge in [0.15, 0.2) is 0 Å². The summed E-state index contributed by atoms with van der Waals surface area (Å²) in [5.74, 6) is 0.0282. The number of carbonyl (C=O) groups excluding carboxylic acids is 1. The van der Waals surface area contributed by atoms with Crippen LogP contribution in [0.4, 0.5) is 5.69 Å². The number of ether oxygens (including phenoxy) is 2. The summed E-state index contributed by atoms with van der Waals surface area (Å²) in [6, 6.07) is 9.84. The molecule has 23 heavy (non-hydrogen) atoms. The zero-order valence-electron chi connectivity index (χ0n) is 14.4. The standard InChI is InChI=1S/C19H29NO3/c1-3-4-13-20(17-10-6-5-7-11-17)19(21)16(2)23-15-18-12-8-9-14-22-18/h5-7,10-11,16,18H,3-4,8-9,12-15H2,1-2H3. The van der Waals surface area contributed by atoms with E-state index in [0.717, 1.165) is 44.5 Å². The van der Waals surface area contributed by atoms with Crippen LogP contribution >= 0.6 is 0 Å². The first-order chi connectivity index (χ1) is 11.2. The summed E-state index contributed by atoms with van der Waals surface area (Å²) >= 11 is 0. The molecule has 1 amide bonds. The summed E-state index contributed by atoms with van der Waals surface area (Å²) in [4.78, 5) is 14.6. The van der Waals surface area contributed by atoms with Gasteiger partial charge >= 0.3 is 0 Å². The molecule has 4 nitrogen and oxygen atoms in total. The molecule has 1 heterocycles. The summed E-state index contributed by atoms with van der Waals surface area (Å²) in [6.45, 7) is 6.01. The molecule has 1 aromatic rings. The first-order valence-electron chi connectivity index (χ1n) is 8.82. The van der Waals surface area contributed by atoms with Gasteiger partial charge in [0.2, 0.25) is 0 Å². The summed E-state index contributed by atoms with van der Waals surface area (Å²) in [7, 11) is 0. The summed E-state index contributed by atoms with van der Waals surface area (Å²) in [5, 5.41) is 0. The molecule has 0 saturated carbocycles. The van der Waals surface area contributed by atoms with Crippen molar-refractivity contribution in [3.63, 3.8) is 0 Å². The molecule has 2 rings (SSSR count). The minimum atomic E-state index is -0.447. The van der Waals surface area contributed by atoms with Crippen molar-refractivity contribution < 1.29 is 14.3 Å². The normalized spacial score (nSPS) is 19.3. The van der Waals surface area contributed by atoms with Crippen molar-refractivity contribution in [3.8, 4) is 0 Å². The van der Waals surface area contributed by atoms with Crippen LogP contribution in [0.2, 0.25) is 0 Å². The average Bonchev–Trinajstić information content (AvgIpc) is 2.61. The number of hydrogen-bond acceptors (Lipinski definition) is 3. The van der Waals surface area contributed by atoms with Crippen LogP contribution in [0.3, 0.4) is 0 Å². The van der Waals surface area contributed by atoms with Gasteiger partial charge < -0.3 is 14.4 Å². The second kappa shape index (κ2) is 9.68. The van der Waals surface area contributed by atoms with E-state index in [1.807, 2.05) is 42.2 Å². The molecule has 4 heteroatoms. The molecule has 1 aliphatic rings. The second-order valence-corrected chi connectivity index (χ2v) is 6.14. The maximum atomic E-state index is 12.8. The summed E-state index contributed by atoms with van der Waals surface area (Å²) < 4.78 is 11.5. The fourth-order valence-electron chi connectivity index (χ4n) is 2.77. The highest BCUT2D eigenvalue weighted by atomic mass is 16.5. The highest BCUT2D eigenvalue weighted by Gasteiger charge is 2.24. The van der Waals surface area contributed by atoms with Gasteiger partial charge in [0.1, 0.15) is 6.10 Å². The minimum Gasteiger partial charge on any atom is -0.376 e. The van der Waals surface area contributed by atoms with Crippen LogP contribution in [0.5, 0.6) is 0 Å². The summed E-state index contributed by atoms with van der Waals surface area (Å²) in [5.41, 5.74) is 0.940. The first kappa shape index (κ1) is 18.0. The smallest absolute Gasteiger partial charge is 0.255 e. The third-order valence-electron chi connectivity index (χ3n) is 4.22. The van der Waals surface area contributed by atoms with Crippen molar-refractivity contribution in [1.29, 1.82) is 0 Å². The quantitative estimate of drug-likeness (QED) is 0.731. The number of rotatable bonds is 8. The first-order valence-corrected chi connectivity index (χ1v) is 8.82. The molecule has 1 fully saturated rings. The van der Waals surface area contributed by atoms with E-state index in [-0.39, 0.29) is 12.0 Å². The third-order valence-corrected chi connectivity index (χ3v) is 4.22. The maximum absolute atomic E-state index is 12.8. The Labute approximate surface area is 139 Å². The number of anilines is 1. The predicted molar refractivity (Wildman–Crippen MR) is 92.7 cm³/mol. The van der Waals surface area contributed by atoms with Gasteiger partial charge in [-0.3, -0.25) is 4.79 Å². The molecule has 0 aliphatic carbocycles. The van der Waals surface area contributed by atoms with Crippen LogP contribution in [-0.2, 0) is 14.3 Å². The van der Waals surface area contributed by atoms with Crippen molar-refractivity contribution in [2.24, 2.45) is 0 Å². The molecular weight excluding hydrogens is 290 g/mol. The fraction of sp³-hybridized carbons (Fsp3) is 0.632. The van der Waals surface area contributed by atoms with Crippen molar-refractivity contribution in [2.75, 3.05) is 24.7 Å². The molecule has 2 atom stereocenters. The van der Waals surface area contributed by atoms with Gasteiger partial charge in [-0.05, 0) is 44.7 Å². The van der Waals surface area contributed by atoms with Crippen LogP contribution in [0.25, 0.3) is 0 Å². The Hall–Kier alpha value is -1.39. The maximum Gasteiger partial charge on any atom is 0.255 e. The van der Waals surface area contributed by atoms with Crippen molar-refractivity contribution in [2.45, 2.75) is 58.2 Å². The largest absolute Gasteiger partial charge is 0.376 e. The van der Waals surface area contributed by atoms with Gasteiger partial charge in [0.25, 0.3) is 5.91 Å². The molecule has 0 bridgehead atoms. The second-order valence-electron chi connectivity index (χ2n) is 6.14. The molecule has 0 radical (unpaired) electrons. The number of unbranched alkanes of at least 4 members (excludes halogenated alkanes) is 1. The van der Waals surface area contributed by atoms with Gasteiger partial charge in [-0.25, -0.2) is 0 Å². The molecule has 2 unspecified atom stereocenters. The highest BCUT2D eigenvalue weighted by Crippen LogP contribution is 2.18. The number of carbonyl (C=O) groups is 1. The van der Waals surface area contributed by atoms with Crippen LogP contribution in [-0.4, -0.2) is 37.9 Å². The Morgan fingerprint density at radius 1 is 1.35 bits per heavy atom. The molecule has 1 aliphatic heterocycles. The van der Waals surface area contributed by atoms with E-state index in [1.165, 1.54) is 6.42 Å². The lowest BCUT2D eigenvalue weighted by Gasteiger charge is -2.28. The van der Waals surface area contributed by atoms with Crippen LogP contribution in [0.15, 0.2) is 30.3 Å². The number of amides is 1. The molecule has 128 valence electrons. The van der Waals surface area contributed by atoms with Crippen LogP contribution < -0.4 is 4.90 Å². The van der Waals surface area contributed by atoms with Gasteiger partial charge in [-0.15, -0.1) is 0 Å². The third kappa shape index (κ3) is 5.63. The topological polar surface area (TPSA) is 38.8 Å². The van der Waals surface area contributed by atoms with E-state index in [9.17, 15) is 4.79 Å². The Balaban J connectivity index is 1.92. The molecule has 0 N–H and O–H groups in total. The van der Waals surface area contributed by atoms with Gasteiger partial charge in [-0.1, -0.05) is 31.5 Å². The Morgan fingerprint density at radius 2 is 2.13 bits per heavy atom. The van der Waals surface area contributed by atoms with E-state index < -0.39 is 6.10 Å². The van der Waals surface area contributed by atoms with Crippen molar-refractivity contribution >= 4 is 11.6 Å². The summed E-state index contributed by atoms with van der Waals surface area (Å²) in [6.07, 6.45) is 5.07. The lowest BCUT2D eigenvalue weighted by Crippen LogP contribution is -2.41. The number of para-hydroxylation sites is 1. The zero-order valence-corrected chi connectivity index (χ0v) is 14.4. The lowest BCUT2D eigenvalue weighted by atomic mass is 10.1. The predicted octanol–water partition coefficient (Wildman–Crippen LogP) is 3.79. The minimum absolute atomic E-state index is 0.0282. The van der Waals surface area contributed by atoms with E-state index >= 15 is 0 Å². The molecule has 1 aromatic carbocycles. The number of hydrogen-bond donors (Lipinski definition) is 0. The number of nitrogens with zero attached hydrogens (tertiary/aromatic N) is 1. The van der Waals surface area contributed by atoms with Crippen LogP contribution in [0, 0.1) is 0 Å². The fourth-order valence-corrected chi connectivity index (χ4v) is 2.77. The molecule has 0 aromatic heterocycles. The van der Waals surface area contributed by atoms with Crippen molar-refractivity contribution in [3.05, 3.63) is 30.3 Å². The highest BCUT2D eigenvalue weighted by molar-refractivity contribution is 5.96. The Bertz CT molecular complexity index is 457. The zero-order chi connectivity index (χ0) is 16.5. The van der Waals surface area contributed by atoms with E-state index in [0.29, 0.717) is 6.61 Å². The van der Waals surface area contributed by atoms with Gasteiger partial charge in [-0.2, -0.15) is 0 Å². The Morgan fingerprint density at radius 3 is 2.78 bits per heavy atom. The average molecular weight is 319 g/mol. The molecule has 1 saturated heterocycles. The monoisotopic (exact) mass is 319 g/mol. The Kier molecular flexibility index (Phi) is 7.56. The van der Waals surface area contributed by atoms with Gasteiger partial charge in [0.05, 0.1) is 12.7 Å². The van der Waals surface area contributed by atoms with E-state index in [1.54, 1.807) is 0 Å². The van der Waals surface area contributed by atoms with Crippen LogP contribution in [0.1, 0.15) is 46.0 Å². The van der Waals surface area contributed by atoms with E-state index in [4.69, 9.17) is 9.47 Å².